The number of hydrogen-bond acceptors (Lipinski definition) is 5. The lowest BCUT2D eigenvalue weighted by atomic mass is 10.2. The number of hydrogen-bond donors (Lipinski definition) is 0. The number of fused-ring (bicyclic) bond motifs is 1. The quantitative estimate of drug-likeness (QED) is 0.161. The molecule has 0 amide bonds. The second kappa shape index (κ2) is 7.97. The van der Waals surface area contributed by atoms with Gasteiger partial charge in [-0.3, -0.25) is 0 Å². The number of benzene rings is 1. The fourth-order valence-electron chi connectivity index (χ4n) is 3.02. The van der Waals surface area contributed by atoms with Gasteiger partial charge in [-0.25, -0.2) is 14.3 Å². The molecule has 0 bridgehead atoms. The molecule has 0 aliphatic carbocycles. The van der Waals surface area contributed by atoms with Gasteiger partial charge in [0.15, 0.2) is 6.20 Å². The highest BCUT2D eigenvalue weighted by Gasteiger charge is 2.18. The minimum Gasteiger partial charge on any atom is -0.618 e. The first-order valence-corrected chi connectivity index (χ1v) is 9.19. The van der Waals surface area contributed by atoms with Crippen LogP contribution in [0, 0.1) is 11.0 Å². The molecule has 0 aliphatic heterocycles. The van der Waals surface area contributed by atoms with Gasteiger partial charge in [-0.1, -0.05) is 12.1 Å². The second-order valence-corrected chi connectivity index (χ2v) is 6.83. The van der Waals surface area contributed by atoms with Gasteiger partial charge >= 0.3 is 0 Å². The maximum Gasteiger partial charge on any atom is 0.240 e. The van der Waals surface area contributed by atoms with E-state index in [9.17, 15) is 9.60 Å². The lowest BCUT2D eigenvalue weighted by molar-refractivity contribution is -0.593. The number of nitrogens with zero attached hydrogens (tertiary/aromatic N) is 3. The van der Waals surface area contributed by atoms with Crippen LogP contribution in [0.2, 0.25) is 0 Å². The summed E-state index contributed by atoms with van der Waals surface area (Å²) in [5.74, 6) is -0.292. The maximum absolute atomic E-state index is 13.3. The van der Waals surface area contributed by atoms with Gasteiger partial charge < -0.3 is 9.77 Å². The van der Waals surface area contributed by atoms with Crippen molar-refractivity contribution in [2.45, 2.75) is 11.4 Å². The van der Waals surface area contributed by atoms with Crippen LogP contribution in [0.1, 0.15) is 5.56 Å². The monoisotopic (exact) mass is 397 g/mol. The highest BCUT2D eigenvalue weighted by Crippen LogP contribution is 2.29. The van der Waals surface area contributed by atoms with Gasteiger partial charge in [0.05, 0.1) is 24.0 Å². The fourth-order valence-corrected chi connectivity index (χ4v) is 3.43. The third kappa shape index (κ3) is 3.70. The molecule has 0 spiro atoms. The van der Waals surface area contributed by atoms with E-state index >= 15 is 0 Å². The molecular weight excluding hydrogens is 381 g/mol. The van der Waals surface area contributed by atoms with Gasteiger partial charge in [-0.15, -0.1) is 0 Å². The average molecular weight is 397 g/mol. The Balaban J connectivity index is 1.84. The molecule has 28 heavy (non-hydrogen) atoms. The summed E-state index contributed by atoms with van der Waals surface area (Å²) < 4.78 is 20.9. The molecular formula is C20H16FN3O3S. The molecule has 3 aromatic heterocycles. The molecule has 0 aliphatic rings. The fraction of sp³-hybridized carbons (Fsp3) is 0.100. The average Bonchev–Trinajstić information content (AvgIpc) is 3.06. The van der Waals surface area contributed by atoms with Crippen LogP contribution >= 0.6 is 12.0 Å². The van der Waals surface area contributed by atoms with Crippen LogP contribution < -0.4 is 4.73 Å². The highest BCUT2D eigenvalue weighted by atomic mass is 32.2. The van der Waals surface area contributed by atoms with Crippen LogP contribution in [0.3, 0.4) is 0 Å². The molecule has 4 aromatic rings. The number of aromatic nitrogens is 3. The Kier molecular flexibility index (Phi) is 5.25. The number of pyridine rings is 2. The van der Waals surface area contributed by atoms with Gasteiger partial charge in [0, 0.05) is 30.3 Å². The molecule has 0 atom stereocenters. The molecule has 6 nitrogen and oxygen atoms in total. The molecule has 0 unspecified atom stereocenters. The third-order valence-electron chi connectivity index (χ3n) is 4.25. The van der Waals surface area contributed by atoms with E-state index in [-0.39, 0.29) is 5.82 Å². The van der Waals surface area contributed by atoms with E-state index < -0.39 is 0 Å². The van der Waals surface area contributed by atoms with Crippen LogP contribution in [0.15, 0.2) is 71.9 Å². The van der Waals surface area contributed by atoms with E-state index in [1.165, 1.54) is 25.4 Å². The summed E-state index contributed by atoms with van der Waals surface area (Å²) in [6.07, 6.45) is 3.13. The lowest BCUT2D eigenvalue weighted by Crippen LogP contribution is -2.28. The predicted molar refractivity (Wildman–Crippen MR) is 104 cm³/mol. The highest BCUT2D eigenvalue weighted by molar-refractivity contribution is 7.94. The van der Waals surface area contributed by atoms with Gasteiger partial charge in [0.25, 0.3) is 0 Å². The summed E-state index contributed by atoms with van der Waals surface area (Å²) in [6, 6.07) is 15.3. The van der Waals surface area contributed by atoms with E-state index in [4.69, 9.17) is 4.33 Å². The van der Waals surface area contributed by atoms with E-state index in [1.807, 2.05) is 22.8 Å². The second-order valence-electron chi connectivity index (χ2n) is 6.06. The van der Waals surface area contributed by atoms with Gasteiger partial charge in [0.1, 0.15) is 17.2 Å². The molecule has 4 rings (SSSR count). The Bertz CT molecular complexity index is 1120. The van der Waals surface area contributed by atoms with E-state index in [2.05, 4.69) is 9.87 Å². The van der Waals surface area contributed by atoms with Crippen LogP contribution in [0.25, 0.3) is 22.4 Å². The zero-order chi connectivity index (χ0) is 19.5. The zero-order valence-corrected chi connectivity index (χ0v) is 15.7. The van der Waals surface area contributed by atoms with E-state index in [1.54, 1.807) is 30.5 Å². The lowest BCUT2D eigenvalue weighted by Gasteiger charge is -2.10. The smallest absolute Gasteiger partial charge is 0.240 e. The summed E-state index contributed by atoms with van der Waals surface area (Å²) in [5.41, 5.74) is 2.84. The van der Waals surface area contributed by atoms with Gasteiger partial charge in [0.2, 0.25) is 5.69 Å². The normalized spacial score (nSPS) is 11.2. The van der Waals surface area contributed by atoms with Crippen molar-refractivity contribution in [3.8, 4) is 11.4 Å². The first-order valence-electron chi connectivity index (χ1n) is 8.45. The Hall–Kier alpha value is -2.94. The van der Waals surface area contributed by atoms with Crippen LogP contribution in [0.4, 0.5) is 4.39 Å². The van der Waals surface area contributed by atoms with Crippen molar-refractivity contribution in [3.63, 3.8) is 0 Å². The first-order chi connectivity index (χ1) is 13.7. The maximum atomic E-state index is 13.3. The van der Waals surface area contributed by atoms with Crippen LogP contribution in [-0.2, 0) is 15.8 Å². The van der Waals surface area contributed by atoms with Gasteiger partial charge in [-0.05, 0) is 35.9 Å². The molecule has 0 saturated carbocycles. The standard InChI is InChI=1S/C20H16FN3O3S/c1-26-27-28-17-10-15-11-19(18-4-2-3-9-24(18)25)23(20(15)22-12-17)13-14-5-7-16(21)8-6-14/h2-12H,13H2,1H3. The topological polar surface area (TPSA) is 63.2 Å². The molecule has 0 radical (unpaired) electrons. The SMILES string of the molecule is COOSc1cnc2c(c1)cc(-c1cccc[n+]1[O-])n2Cc1ccc(F)cc1. The Morgan fingerprint density at radius 2 is 2.00 bits per heavy atom. The van der Waals surface area contributed by atoms with Crippen molar-refractivity contribution in [3.05, 3.63) is 83.6 Å². The van der Waals surface area contributed by atoms with Crippen molar-refractivity contribution >= 4 is 23.1 Å². The predicted octanol–water partition coefficient (Wildman–Crippen LogP) is 4.11. The molecule has 142 valence electrons. The Morgan fingerprint density at radius 1 is 1.18 bits per heavy atom. The van der Waals surface area contributed by atoms with Crippen molar-refractivity contribution in [1.82, 2.24) is 9.55 Å². The van der Waals surface area contributed by atoms with E-state index in [0.717, 1.165) is 38.3 Å². The van der Waals surface area contributed by atoms with Crippen molar-refractivity contribution in [2.24, 2.45) is 0 Å². The first kappa shape index (κ1) is 18.4. The summed E-state index contributed by atoms with van der Waals surface area (Å²) in [4.78, 5) is 9.93. The zero-order valence-electron chi connectivity index (χ0n) is 14.9. The van der Waals surface area contributed by atoms with Crippen LogP contribution in [0.5, 0.6) is 0 Å². The van der Waals surface area contributed by atoms with Crippen molar-refractivity contribution < 1.29 is 18.3 Å². The number of rotatable bonds is 6. The minimum atomic E-state index is -0.292. The minimum absolute atomic E-state index is 0.292. The molecule has 3 heterocycles. The molecule has 1 aromatic carbocycles. The summed E-state index contributed by atoms with van der Waals surface area (Å²) in [5, 5.41) is 13.2. The molecule has 0 N–H and O–H groups in total. The molecule has 8 heteroatoms. The van der Waals surface area contributed by atoms with Crippen molar-refractivity contribution in [2.75, 3.05) is 7.11 Å². The largest absolute Gasteiger partial charge is 0.618 e. The summed E-state index contributed by atoms with van der Waals surface area (Å²) in [7, 11) is 1.43. The van der Waals surface area contributed by atoms with Crippen molar-refractivity contribution in [1.29, 1.82) is 0 Å². The Morgan fingerprint density at radius 3 is 2.75 bits per heavy atom. The Labute approximate surface area is 164 Å². The summed E-state index contributed by atoms with van der Waals surface area (Å²) in [6.45, 7) is 0.446. The van der Waals surface area contributed by atoms with Crippen LogP contribution in [-0.4, -0.2) is 16.7 Å². The van der Waals surface area contributed by atoms with Gasteiger partial charge in [-0.2, -0.15) is 9.06 Å². The number of halogens is 1. The summed E-state index contributed by atoms with van der Waals surface area (Å²) >= 11 is 1.05. The van der Waals surface area contributed by atoms with E-state index in [0.29, 0.717) is 17.9 Å². The molecule has 0 fully saturated rings. The third-order valence-corrected chi connectivity index (χ3v) is 4.87. The molecule has 0 saturated heterocycles.